The Labute approximate surface area is 147 Å². The fraction of sp³-hybridized carbons (Fsp3) is 0.450. The van der Waals surface area contributed by atoms with Crippen molar-refractivity contribution in [2.75, 3.05) is 0 Å². The lowest BCUT2D eigenvalue weighted by molar-refractivity contribution is -0.127. The van der Waals surface area contributed by atoms with E-state index in [9.17, 15) is 24.6 Å². The Kier molecular flexibility index (Phi) is 6.12. The molecule has 2 N–H and O–H groups in total. The van der Waals surface area contributed by atoms with Crippen molar-refractivity contribution in [1.29, 1.82) is 0 Å². The summed E-state index contributed by atoms with van der Waals surface area (Å²) in [5, 5.41) is 18.7. The lowest BCUT2D eigenvalue weighted by Gasteiger charge is -2.28. The van der Waals surface area contributed by atoms with Crippen LogP contribution in [0.25, 0.3) is 0 Å². The molecule has 2 rings (SSSR count). The third-order valence-electron chi connectivity index (χ3n) is 4.72. The minimum absolute atomic E-state index is 0.0786. The summed E-state index contributed by atoms with van der Waals surface area (Å²) in [6.45, 7) is 2.03. The van der Waals surface area contributed by atoms with Crippen molar-refractivity contribution < 1.29 is 24.6 Å². The molecule has 5 nitrogen and oxygen atoms in total. The SMILES string of the molecule is CC1(CCC(=O)CC(=O)CCc2ccc(O)c(O)c2)C=CC(=O)CC1. The van der Waals surface area contributed by atoms with E-state index in [0.29, 0.717) is 25.7 Å². The maximum Gasteiger partial charge on any atom is 0.157 e. The summed E-state index contributed by atoms with van der Waals surface area (Å²) in [5.74, 6) is -0.494. The smallest absolute Gasteiger partial charge is 0.157 e. The number of carbonyl (C=O) groups is 3. The minimum atomic E-state index is -0.215. The van der Waals surface area contributed by atoms with Gasteiger partial charge in [-0.1, -0.05) is 19.1 Å². The largest absolute Gasteiger partial charge is 0.504 e. The summed E-state index contributed by atoms with van der Waals surface area (Å²) in [7, 11) is 0. The summed E-state index contributed by atoms with van der Waals surface area (Å²) < 4.78 is 0. The first-order valence-corrected chi connectivity index (χ1v) is 8.54. The van der Waals surface area contributed by atoms with Crippen molar-refractivity contribution in [2.24, 2.45) is 5.41 Å². The van der Waals surface area contributed by atoms with Crippen LogP contribution in [0, 0.1) is 5.41 Å². The van der Waals surface area contributed by atoms with Crippen LogP contribution in [0.2, 0.25) is 0 Å². The van der Waals surface area contributed by atoms with Gasteiger partial charge in [0, 0.05) is 19.3 Å². The van der Waals surface area contributed by atoms with Gasteiger partial charge in [0.2, 0.25) is 0 Å². The minimum Gasteiger partial charge on any atom is -0.504 e. The van der Waals surface area contributed by atoms with E-state index in [0.717, 1.165) is 12.0 Å². The van der Waals surface area contributed by atoms with Crippen molar-refractivity contribution in [3.8, 4) is 11.5 Å². The maximum absolute atomic E-state index is 12.0. The van der Waals surface area contributed by atoms with E-state index in [1.165, 1.54) is 12.1 Å². The normalized spacial score (nSPS) is 19.8. The highest BCUT2D eigenvalue weighted by Crippen LogP contribution is 2.34. The topological polar surface area (TPSA) is 91.7 Å². The van der Waals surface area contributed by atoms with Crippen molar-refractivity contribution in [2.45, 2.75) is 51.9 Å². The quantitative estimate of drug-likeness (QED) is 0.558. The van der Waals surface area contributed by atoms with E-state index in [1.807, 2.05) is 13.0 Å². The summed E-state index contributed by atoms with van der Waals surface area (Å²) in [4.78, 5) is 35.2. The molecule has 0 heterocycles. The molecule has 0 radical (unpaired) electrons. The summed E-state index contributed by atoms with van der Waals surface area (Å²) >= 11 is 0. The van der Waals surface area contributed by atoms with Gasteiger partial charge in [-0.3, -0.25) is 14.4 Å². The average molecular weight is 344 g/mol. The fourth-order valence-electron chi connectivity index (χ4n) is 2.91. The molecule has 0 aliphatic heterocycles. The Morgan fingerprint density at radius 1 is 1.12 bits per heavy atom. The van der Waals surface area contributed by atoms with Gasteiger partial charge in [-0.05, 0) is 48.4 Å². The third kappa shape index (κ3) is 5.85. The van der Waals surface area contributed by atoms with Crippen LogP contribution in [0.1, 0.15) is 51.0 Å². The molecule has 1 aromatic carbocycles. The van der Waals surface area contributed by atoms with Gasteiger partial charge in [0.1, 0.15) is 11.6 Å². The van der Waals surface area contributed by atoms with E-state index < -0.39 is 0 Å². The number of hydrogen-bond donors (Lipinski definition) is 2. The van der Waals surface area contributed by atoms with Crippen LogP contribution < -0.4 is 0 Å². The van der Waals surface area contributed by atoms with Gasteiger partial charge in [-0.15, -0.1) is 0 Å². The fourth-order valence-corrected chi connectivity index (χ4v) is 2.91. The molecule has 134 valence electrons. The number of rotatable bonds is 8. The highest BCUT2D eigenvalue weighted by Gasteiger charge is 2.26. The van der Waals surface area contributed by atoms with Gasteiger partial charge in [0.05, 0.1) is 6.42 Å². The zero-order valence-corrected chi connectivity index (χ0v) is 14.5. The Balaban J connectivity index is 1.74. The highest BCUT2D eigenvalue weighted by atomic mass is 16.3. The molecule has 0 saturated heterocycles. The molecular weight excluding hydrogens is 320 g/mol. The molecule has 0 bridgehead atoms. The van der Waals surface area contributed by atoms with Gasteiger partial charge in [-0.2, -0.15) is 0 Å². The van der Waals surface area contributed by atoms with E-state index in [1.54, 1.807) is 12.1 Å². The van der Waals surface area contributed by atoms with Crippen LogP contribution in [0.15, 0.2) is 30.4 Å². The second kappa shape index (κ2) is 8.10. The van der Waals surface area contributed by atoms with Crippen molar-refractivity contribution >= 4 is 17.3 Å². The van der Waals surface area contributed by atoms with E-state index >= 15 is 0 Å². The molecule has 0 fully saturated rings. The molecule has 0 aromatic heterocycles. The molecule has 0 spiro atoms. The van der Waals surface area contributed by atoms with E-state index in [-0.39, 0.29) is 47.1 Å². The van der Waals surface area contributed by atoms with Gasteiger partial charge >= 0.3 is 0 Å². The number of phenols is 2. The number of ketones is 3. The first-order chi connectivity index (χ1) is 11.8. The number of aromatic hydroxyl groups is 2. The Bertz CT molecular complexity index is 704. The average Bonchev–Trinajstić information content (AvgIpc) is 2.57. The van der Waals surface area contributed by atoms with Crippen molar-refractivity contribution in [1.82, 2.24) is 0 Å². The zero-order valence-electron chi connectivity index (χ0n) is 14.5. The maximum atomic E-state index is 12.0. The van der Waals surface area contributed by atoms with Crippen molar-refractivity contribution in [3.63, 3.8) is 0 Å². The molecular formula is C20H24O5. The van der Waals surface area contributed by atoms with Gasteiger partial charge < -0.3 is 10.2 Å². The van der Waals surface area contributed by atoms with Crippen LogP contribution in [0.3, 0.4) is 0 Å². The van der Waals surface area contributed by atoms with Crippen LogP contribution in [-0.4, -0.2) is 27.6 Å². The number of hydrogen-bond acceptors (Lipinski definition) is 5. The molecule has 0 amide bonds. The van der Waals surface area contributed by atoms with E-state index in [2.05, 4.69) is 0 Å². The van der Waals surface area contributed by atoms with Crippen LogP contribution in [0.5, 0.6) is 11.5 Å². The second-order valence-corrected chi connectivity index (χ2v) is 7.03. The first-order valence-electron chi connectivity index (χ1n) is 8.54. The number of phenolic OH excluding ortho intramolecular Hbond substituents is 2. The third-order valence-corrected chi connectivity index (χ3v) is 4.72. The highest BCUT2D eigenvalue weighted by molar-refractivity contribution is 5.99. The summed E-state index contributed by atoms with van der Waals surface area (Å²) in [5.41, 5.74) is 0.594. The molecule has 1 atom stereocenters. The molecule has 1 unspecified atom stereocenters. The summed E-state index contributed by atoms with van der Waals surface area (Å²) in [6.07, 6.45) is 6.27. The van der Waals surface area contributed by atoms with Gasteiger partial charge in [0.25, 0.3) is 0 Å². The number of carbonyl (C=O) groups excluding carboxylic acids is 3. The lowest BCUT2D eigenvalue weighted by Crippen LogP contribution is -2.21. The molecule has 0 saturated carbocycles. The summed E-state index contributed by atoms with van der Waals surface area (Å²) in [6, 6.07) is 4.44. The molecule has 1 aliphatic carbocycles. The Morgan fingerprint density at radius 2 is 1.84 bits per heavy atom. The van der Waals surface area contributed by atoms with Crippen molar-refractivity contribution in [3.05, 3.63) is 35.9 Å². The Hall–Kier alpha value is -2.43. The standard InChI is InChI=1S/C20H24O5/c1-20(9-6-15(21)7-10-20)11-8-17(23)13-16(22)4-2-14-3-5-18(24)19(25)12-14/h3,5-6,9,12,24-25H,2,4,7-8,10-11,13H2,1H3. The first kappa shape index (κ1) is 18.9. The lowest BCUT2D eigenvalue weighted by atomic mass is 9.76. The predicted octanol–water partition coefficient (Wildman–Crippen LogP) is 3.26. The predicted molar refractivity (Wildman–Crippen MR) is 93.4 cm³/mol. The van der Waals surface area contributed by atoms with Gasteiger partial charge in [-0.25, -0.2) is 0 Å². The molecule has 1 aliphatic rings. The number of benzene rings is 1. The van der Waals surface area contributed by atoms with Crippen LogP contribution >= 0.6 is 0 Å². The zero-order chi connectivity index (χ0) is 18.4. The van der Waals surface area contributed by atoms with E-state index in [4.69, 9.17) is 0 Å². The van der Waals surface area contributed by atoms with Gasteiger partial charge in [0.15, 0.2) is 17.3 Å². The van der Waals surface area contributed by atoms with Crippen LogP contribution in [0.4, 0.5) is 0 Å². The molecule has 5 heteroatoms. The monoisotopic (exact) mass is 344 g/mol. The number of allylic oxidation sites excluding steroid dienone is 2. The molecule has 1 aromatic rings. The molecule has 25 heavy (non-hydrogen) atoms. The Morgan fingerprint density at radius 3 is 2.48 bits per heavy atom. The van der Waals surface area contributed by atoms with Crippen LogP contribution in [-0.2, 0) is 20.8 Å². The second-order valence-electron chi connectivity index (χ2n) is 7.03. The number of Topliss-reactive ketones (excluding diaryl/α,β-unsaturated/α-hetero) is 2. The number of aryl methyl sites for hydroxylation is 1.